The smallest absolute Gasteiger partial charge is 0.127 e. The van der Waals surface area contributed by atoms with E-state index in [4.69, 9.17) is 0 Å². The molecule has 1 nitrogen and oxygen atoms in total. The number of halogens is 1. The van der Waals surface area contributed by atoms with Crippen molar-refractivity contribution in [2.24, 2.45) is 5.41 Å². The molecule has 2 aliphatic carbocycles. The van der Waals surface area contributed by atoms with E-state index < -0.39 is 0 Å². The van der Waals surface area contributed by atoms with E-state index in [1.54, 1.807) is 12.1 Å². The second kappa shape index (κ2) is 6.08. The van der Waals surface area contributed by atoms with Gasteiger partial charge in [0.05, 0.1) is 0 Å². The summed E-state index contributed by atoms with van der Waals surface area (Å²) < 4.78 is 14.3. The molecule has 0 radical (unpaired) electrons. The van der Waals surface area contributed by atoms with Crippen LogP contribution >= 0.6 is 0 Å². The van der Waals surface area contributed by atoms with Gasteiger partial charge in [-0.2, -0.15) is 0 Å². The van der Waals surface area contributed by atoms with Crippen molar-refractivity contribution in [2.75, 3.05) is 13.1 Å². The van der Waals surface area contributed by atoms with Gasteiger partial charge in [0.15, 0.2) is 0 Å². The standard InChI is InChI=1S/C19H28FN/c1-2-12-21-15-19(16-8-4-5-9-17(16)20)13-18(14-19)10-6-3-7-11-18/h4-5,8-9,21H,2-3,6-7,10-15H2,1H3. The van der Waals surface area contributed by atoms with E-state index in [2.05, 4.69) is 12.2 Å². The largest absolute Gasteiger partial charge is 0.316 e. The molecule has 2 aliphatic rings. The van der Waals surface area contributed by atoms with Crippen LogP contribution in [0.1, 0.15) is 63.9 Å². The first kappa shape index (κ1) is 15.0. The minimum Gasteiger partial charge on any atom is -0.316 e. The normalized spacial score (nSPS) is 23.0. The molecule has 0 bridgehead atoms. The van der Waals surface area contributed by atoms with E-state index >= 15 is 0 Å². The van der Waals surface area contributed by atoms with Gasteiger partial charge in [-0.15, -0.1) is 0 Å². The fraction of sp³-hybridized carbons (Fsp3) is 0.684. The van der Waals surface area contributed by atoms with Crippen LogP contribution in [0.5, 0.6) is 0 Å². The van der Waals surface area contributed by atoms with Crippen LogP contribution in [0.25, 0.3) is 0 Å². The Morgan fingerprint density at radius 2 is 1.81 bits per heavy atom. The quantitative estimate of drug-likeness (QED) is 0.767. The predicted octanol–water partition coefficient (Wildman–Crippen LogP) is 4.81. The van der Waals surface area contributed by atoms with Crippen LogP contribution in [0.3, 0.4) is 0 Å². The summed E-state index contributed by atoms with van der Waals surface area (Å²) >= 11 is 0. The van der Waals surface area contributed by atoms with Gasteiger partial charge in [-0.3, -0.25) is 0 Å². The Morgan fingerprint density at radius 3 is 2.48 bits per heavy atom. The molecule has 1 N–H and O–H groups in total. The molecule has 116 valence electrons. The maximum absolute atomic E-state index is 14.3. The number of benzene rings is 1. The molecule has 0 aliphatic heterocycles. The molecule has 0 amide bonds. The average molecular weight is 289 g/mol. The lowest BCUT2D eigenvalue weighted by Crippen LogP contribution is -2.55. The Morgan fingerprint density at radius 1 is 1.10 bits per heavy atom. The number of hydrogen-bond acceptors (Lipinski definition) is 1. The molecule has 2 heteroatoms. The Balaban J connectivity index is 1.79. The van der Waals surface area contributed by atoms with E-state index in [9.17, 15) is 4.39 Å². The van der Waals surface area contributed by atoms with Crippen LogP contribution in [-0.2, 0) is 5.41 Å². The van der Waals surface area contributed by atoms with Crippen molar-refractivity contribution in [2.45, 2.75) is 63.7 Å². The Labute approximate surface area is 128 Å². The van der Waals surface area contributed by atoms with E-state index in [1.807, 2.05) is 12.1 Å². The zero-order valence-electron chi connectivity index (χ0n) is 13.3. The monoisotopic (exact) mass is 289 g/mol. The first-order valence-electron chi connectivity index (χ1n) is 8.66. The minimum absolute atomic E-state index is 0.0125. The van der Waals surface area contributed by atoms with Gasteiger partial charge in [-0.1, -0.05) is 44.4 Å². The third kappa shape index (κ3) is 2.88. The van der Waals surface area contributed by atoms with Crippen molar-refractivity contribution in [1.82, 2.24) is 5.32 Å². The van der Waals surface area contributed by atoms with Crippen LogP contribution in [0.15, 0.2) is 24.3 Å². The lowest BCUT2D eigenvalue weighted by Gasteiger charge is -2.59. The van der Waals surface area contributed by atoms with Gasteiger partial charge in [0.2, 0.25) is 0 Å². The van der Waals surface area contributed by atoms with Gasteiger partial charge in [0, 0.05) is 12.0 Å². The molecule has 0 atom stereocenters. The Bertz CT molecular complexity index is 468. The van der Waals surface area contributed by atoms with E-state index in [1.165, 1.54) is 44.9 Å². The van der Waals surface area contributed by atoms with Crippen molar-refractivity contribution >= 4 is 0 Å². The summed E-state index contributed by atoms with van der Waals surface area (Å²) in [5.41, 5.74) is 1.51. The topological polar surface area (TPSA) is 12.0 Å². The SMILES string of the molecule is CCCNCC1(c2ccccc2F)CC2(CCCCC2)C1. The van der Waals surface area contributed by atoms with Crippen LogP contribution < -0.4 is 5.32 Å². The third-order valence-corrected chi connectivity index (χ3v) is 5.68. The van der Waals surface area contributed by atoms with Crippen LogP contribution in [-0.4, -0.2) is 13.1 Å². The van der Waals surface area contributed by atoms with Crippen LogP contribution in [0, 0.1) is 11.2 Å². The fourth-order valence-electron chi connectivity index (χ4n) is 4.85. The average Bonchev–Trinajstić information content (AvgIpc) is 2.47. The maximum Gasteiger partial charge on any atom is 0.127 e. The Kier molecular flexibility index (Phi) is 4.35. The fourth-order valence-corrected chi connectivity index (χ4v) is 4.85. The van der Waals surface area contributed by atoms with E-state index in [0.717, 1.165) is 25.1 Å². The molecular formula is C19H28FN. The summed E-state index contributed by atoms with van der Waals surface area (Å²) in [7, 11) is 0. The molecule has 0 heterocycles. The predicted molar refractivity (Wildman–Crippen MR) is 86.0 cm³/mol. The van der Waals surface area contributed by atoms with Crippen LogP contribution in [0.2, 0.25) is 0 Å². The van der Waals surface area contributed by atoms with Crippen molar-refractivity contribution < 1.29 is 4.39 Å². The highest BCUT2D eigenvalue weighted by molar-refractivity contribution is 5.33. The molecule has 0 aromatic heterocycles. The third-order valence-electron chi connectivity index (χ3n) is 5.68. The summed E-state index contributed by atoms with van der Waals surface area (Å²) in [6.07, 6.45) is 10.3. The molecule has 0 unspecified atom stereocenters. The molecule has 1 aromatic carbocycles. The first-order valence-corrected chi connectivity index (χ1v) is 8.66. The second-order valence-electron chi connectivity index (χ2n) is 7.35. The zero-order chi connectivity index (χ0) is 14.8. The van der Waals surface area contributed by atoms with Crippen molar-refractivity contribution in [3.8, 4) is 0 Å². The van der Waals surface area contributed by atoms with Crippen LogP contribution in [0.4, 0.5) is 4.39 Å². The lowest BCUT2D eigenvalue weighted by atomic mass is 9.46. The number of nitrogens with one attached hydrogen (secondary N) is 1. The van der Waals surface area contributed by atoms with Gasteiger partial charge in [0.25, 0.3) is 0 Å². The molecule has 0 saturated heterocycles. The van der Waals surface area contributed by atoms with Crippen molar-refractivity contribution in [3.05, 3.63) is 35.6 Å². The van der Waals surface area contributed by atoms with Crippen molar-refractivity contribution in [3.63, 3.8) is 0 Å². The highest BCUT2D eigenvalue weighted by Crippen LogP contribution is 2.61. The maximum atomic E-state index is 14.3. The summed E-state index contributed by atoms with van der Waals surface area (Å²) in [6.45, 7) is 4.15. The summed E-state index contributed by atoms with van der Waals surface area (Å²) in [5, 5.41) is 3.56. The molecule has 2 saturated carbocycles. The summed E-state index contributed by atoms with van der Waals surface area (Å²) in [5.74, 6) is -0.0125. The van der Waals surface area contributed by atoms with E-state index in [0.29, 0.717) is 5.41 Å². The molecule has 1 spiro atoms. The summed E-state index contributed by atoms with van der Waals surface area (Å²) in [6, 6.07) is 7.44. The lowest BCUT2D eigenvalue weighted by molar-refractivity contribution is -0.0144. The highest BCUT2D eigenvalue weighted by Gasteiger charge is 2.55. The van der Waals surface area contributed by atoms with Gasteiger partial charge < -0.3 is 5.32 Å². The zero-order valence-corrected chi connectivity index (χ0v) is 13.3. The molecule has 21 heavy (non-hydrogen) atoms. The van der Waals surface area contributed by atoms with Crippen molar-refractivity contribution in [1.29, 1.82) is 0 Å². The molecular weight excluding hydrogens is 261 g/mol. The Hall–Kier alpha value is -0.890. The van der Waals surface area contributed by atoms with E-state index in [-0.39, 0.29) is 11.2 Å². The number of hydrogen-bond donors (Lipinski definition) is 1. The van der Waals surface area contributed by atoms with Gasteiger partial charge in [-0.05, 0) is 55.7 Å². The highest BCUT2D eigenvalue weighted by atomic mass is 19.1. The number of rotatable bonds is 5. The first-order chi connectivity index (χ1) is 10.2. The summed E-state index contributed by atoms with van der Waals surface area (Å²) in [4.78, 5) is 0. The van der Waals surface area contributed by atoms with Gasteiger partial charge >= 0.3 is 0 Å². The molecule has 3 rings (SSSR count). The molecule has 2 fully saturated rings. The second-order valence-corrected chi connectivity index (χ2v) is 7.35. The van der Waals surface area contributed by atoms with Gasteiger partial charge in [-0.25, -0.2) is 4.39 Å². The minimum atomic E-state index is -0.0125. The molecule has 1 aromatic rings. The van der Waals surface area contributed by atoms with Gasteiger partial charge in [0.1, 0.15) is 5.82 Å².